The molecule has 162 valence electrons. The van der Waals surface area contributed by atoms with Crippen LogP contribution in [0.25, 0.3) is 21.9 Å². The summed E-state index contributed by atoms with van der Waals surface area (Å²) in [6, 6.07) is 24.0. The van der Waals surface area contributed by atoms with Crippen LogP contribution < -0.4 is 18.9 Å². The summed E-state index contributed by atoms with van der Waals surface area (Å²) in [7, 11) is 6.53. The summed E-state index contributed by atoms with van der Waals surface area (Å²) in [5.41, 5.74) is 3.86. The Morgan fingerprint density at radius 1 is 0.594 bits per heavy atom. The molecule has 0 atom stereocenters. The van der Waals surface area contributed by atoms with Crippen molar-refractivity contribution in [3.8, 4) is 34.1 Å². The van der Waals surface area contributed by atoms with Gasteiger partial charge in [-0.15, -0.1) is 0 Å². The number of hydrogen-bond acceptors (Lipinski definition) is 5. The van der Waals surface area contributed by atoms with Gasteiger partial charge in [0.2, 0.25) is 0 Å². The van der Waals surface area contributed by atoms with E-state index in [1.54, 1.807) is 28.4 Å². The molecule has 0 N–H and O–H groups in total. The first-order valence-electron chi connectivity index (χ1n) is 10.2. The monoisotopic (exact) mass is 427 g/mol. The molecule has 4 aromatic rings. The van der Waals surface area contributed by atoms with Gasteiger partial charge >= 0.3 is 0 Å². The summed E-state index contributed by atoms with van der Waals surface area (Å²) < 4.78 is 21.9. The van der Waals surface area contributed by atoms with Crippen LogP contribution in [-0.4, -0.2) is 34.7 Å². The lowest BCUT2D eigenvalue weighted by molar-refractivity contribution is 0.355. The van der Waals surface area contributed by atoms with E-state index in [-0.39, 0.29) is 0 Å². The van der Waals surface area contributed by atoms with Gasteiger partial charge in [0, 0.05) is 11.6 Å². The first kappa shape index (κ1) is 21.2. The van der Waals surface area contributed by atoms with Gasteiger partial charge in [0.25, 0.3) is 0 Å². The maximum absolute atomic E-state index is 5.53. The van der Waals surface area contributed by atoms with Crippen molar-refractivity contribution in [3.05, 3.63) is 78.4 Å². The zero-order chi connectivity index (χ0) is 22.5. The Bertz CT molecular complexity index is 1270. The van der Waals surface area contributed by atoms with E-state index in [0.29, 0.717) is 23.0 Å². The molecule has 0 unspecified atom stereocenters. The molecule has 0 heterocycles. The van der Waals surface area contributed by atoms with Gasteiger partial charge in [0.05, 0.1) is 34.1 Å². The molecule has 0 aliphatic heterocycles. The molecule has 0 saturated carbocycles. The average molecular weight is 428 g/mol. The largest absolute Gasteiger partial charge is 0.493 e. The second-order valence-corrected chi connectivity index (χ2v) is 7.16. The van der Waals surface area contributed by atoms with E-state index >= 15 is 0 Å². The van der Waals surface area contributed by atoms with Gasteiger partial charge in [-0.3, -0.25) is 4.99 Å². The standard InChI is InChI=1S/C27H25NO4/c1-29-24-11-10-19(14-25(24)30-2)20-12-21-15-26(31-3)27(32-4)16-22(21)23(13-20)28-17-18-8-6-5-7-9-18/h5-17H,1-4H3. The van der Waals surface area contributed by atoms with Crippen molar-refractivity contribution in [2.75, 3.05) is 28.4 Å². The van der Waals surface area contributed by atoms with Crippen LogP contribution >= 0.6 is 0 Å². The zero-order valence-electron chi connectivity index (χ0n) is 18.6. The molecule has 0 bridgehead atoms. The zero-order valence-corrected chi connectivity index (χ0v) is 18.6. The third-order valence-electron chi connectivity index (χ3n) is 5.30. The highest BCUT2D eigenvalue weighted by Gasteiger charge is 2.13. The molecule has 0 saturated heterocycles. The van der Waals surface area contributed by atoms with Crippen molar-refractivity contribution in [1.29, 1.82) is 0 Å². The lowest BCUT2D eigenvalue weighted by Crippen LogP contribution is -1.92. The van der Waals surface area contributed by atoms with Crippen molar-refractivity contribution < 1.29 is 18.9 Å². The number of benzene rings is 4. The van der Waals surface area contributed by atoms with E-state index in [4.69, 9.17) is 23.9 Å². The lowest BCUT2D eigenvalue weighted by atomic mass is 9.98. The number of hydrogen-bond donors (Lipinski definition) is 0. The third kappa shape index (κ3) is 4.23. The maximum Gasteiger partial charge on any atom is 0.161 e. The summed E-state index contributed by atoms with van der Waals surface area (Å²) in [4.78, 5) is 4.82. The Kier molecular flexibility index (Phi) is 6.26. The summed E-state index contributed by atoms with van der Waals surface area (Å²) >= 11 is 0. The number of ether oxygens (including phenoxy) is 4. The minimum atomic E-state index is 0.662. The quantitative estimate of drug-likeness (QED) is 0.325. The second kappa shape index (κ2) is 9.43. The summed E-state index contributed by atoms with van der Waals surface area (Å²) in [5.74, 6) is 2.69. The van der Waals surface area contributed by atoms with Crippen molar-refractivity contribution in [2.24, 2.45) is 4.99 Å². The predicted octanol–water partition coefficient (Wildman–Crippen LogP) is 6.29. The normalized spacial score (nSPS) is 11.0. The second-order valence-electron chi connectivity index (χ2n) is 7.16. The van der Waals surface area contributed by atoms with Gasteiger partial charge in [-0.25, -0.2) is 0 Å². The highest BCUT2D eigenvalue weighted by molar-refractivity contribution is 6.00. The van der Waals surface area contributed by atoms with E-state index in [9.17, 15) is 0 Å². The molecular formula is C27H25NO4. The smallest absolute Gasteiger partial charge is 0.161 e. The van der Waals surface area contributed by atoms with Crippen molar-refractivity contribution in [1.82, 2.24) is 0 Å². The van der Waals surface area contributed by atoms with E-state index in [0.717, 1.165) is 33.2 Å². The number of aliphatic imine (C=N–C) groups is 1. The van der Waals surface area contributed by atoms with Gasteiger partial charge < -0.3 is 18.9 Å². The van der Waals surface area contributed by atoms with E-state index in [2.05, 4.69) is 12.1 Å². The Morgan fingerprint density at radius 2 is 1.25 bits per heavy atom. The Labute approximate surface area is 187 Å². The van der Waals surface area contributed by atoms with Crippen LogP contribution in [0.1, 0.15) is 5.56 Å². The Balaban J connectivity index is 1.92. The highest BCUT2D eigenvalue weighted by atomic mass is 16.5. The van der Waals surface area contributed by atoms with Crippen molar-refractivity contribution >= 4 is 22.7 Å². The Morgan fingerprint density at radius 3 is 1.94 bits per heavy atom. The van der Waals surface area contributed by atoms with Gasteiger partial charge in [-0.1, -0.05) is 36.4 Å². The van der Waals surface area contributed by atoms with Crippen LogP contribution in [0.5, 0.6) is 23.0 Å². The number of fused-ring (bicyclic) bond motifs is 1. The number of methoxy groups -OCH3 is 4. The first-order valence-corrected chi connectivity index (χ1v) is 10.2. The average Bonchev–Trinajstić information content (AvgIpc) is 2.86. The van der Waals surface area contributed by atoms with Gasteiger partial charge in [-0.2, -0.15) is 0 Å². The van der Waals surface area contributed by atoms with Crippen LogP contribution in [0.4, 0.5) is 5.69 Å². The molecule has 0 radical (unpaired) electrons. The molecule has 0 aliphatic rings. The van der Waals surface area contributed by atoms with Gasteiger partial charge in [0.15, 0.2) is 23.0 Å². The van der Waals surface area contributed by atoms with Crippen LogP contribution in [0.2, 0.25) is 0 Å². The van der Waals surface area contributed by atoms with Gasteiger partial charge in [0.1, 0.15) is 0 Å². The topological polar surface area (TPSA) is 49.3 Å². The molecule has 32 heavy (non-hydrogen) atoms. The van der Waals surface area contributed by atoms with Crippen molar-refractivity contribution in [2.45, 2.75) is 0 Å². The predicted molar refractivity (Wildman–Crippen MR) is 129 cm³/mol. The van der Waals surface area contributed by atoms with Crippen molar-refractivity contribution in [3.63, 3.8) is 0 Å². The summed E-state index contributed by atoms with van der Waals surface area (Å²) in [5, 5.41) is 1.97. The van der Waals surface area contributed by atoms with E-state index in [1.165, 1.54) is 0 Å². The van der Waals surface area contributed by atoms with Crippen LogP contribution in [0, 0.1) is 0 Å². The SMILES string of the molecule is COc1ccc(-c2cc(N=Cc3ccccc3)c3cc(OC)c(OC)cc3c2)cc1OC. The first-order chi connectivity index (χ1) is 15.7. The Hall–Kier alpha value is -3.99. The molecule has 0 spiro atoms. The maximum atomic E-state index is 5.53. The molecule has 4 aromatic carbocycles. The van der Waals surface area contributed by atoms with Gasteiger partial charge in [-0.05, 0) is 58.5 Å². The fourth-order valence-corrected chi connectivity index (χ4v) is 3.64. The molecule has 0 aromatic heterocycles. The minimum Gasteiger partial charge on any atom is -0.493 e. The number of nitrogens with zero attached hydrogens (tertiary/aromatic N) is 1. The third-order valence-corrected chi connectivity index (χ3v) is 5.30. The highest BCUT2D eigenvalue weighted by Crippen LogP contribution is 2.40. The van der Waals surface area contributed by atoms with Crippen LogP contribution in [0.15, 0.2) is 77.8 Å². The molecule has 0 aliphatic carbocycles. The molecular weight excluding hydrogens is 402 g/mol. The van der Waals surface area contributed by atoms with E-state index < -0.39 is 0 Å². The minimum absolute atomic E-state index is 0.662. The van der Waals surface area contributed by atoms with Crippen LogP contribution in [-0.2, 0) is 0 Å². The molecule has 0 fully saturated rings. The lowest BCUT2D eigenvalue weighted by Gasteiger charge is -2.14. The fourth-order valence-electron chi connectivity index (χ4n) is 3.64. The van der Waals surface area contributed by atoms with E-state index in [1.807, 2.05) is 66.9 Å². The number of rotatable bonds is 7. The van der Waals surface area contributed by atoms with Crippen LogP contribution in [0.3, 0.4) is 0 Å². The molecule has 5 heteroatoms. The molecule has 4 rings (SSSR count). The summed E-state index contributed by atoms with van der Waals surface area (Å²) in [6.45, 7) is 0. The molecule has 5 nitrogen and oxygen atoms in total. The molecule has 0 amide bonds. The summed E-state index contributed by atoms with van der Waals surface area (Å²) in [6.07, 6.45) is 1.86. The fraction of sp³-hybridized carbons (Fsp3) is 0.148.